The Morgan fingerprint density at radius 3 is 2.77 bits per heavy atom. The second-order valence-corrected chi connectivity index (χ2v) is 6.10. The highest BCUT2D eigenvalue weighted by atomic mass is 79.9. The molecule has 2 aromatic carbocycles. The number of amides is 1. The number of hydrogen-bond acceptors (Lipinski definition) is 3. The summed E-state index contributed by atoms with van der Waals surface area (Å²) in [6, 6.07) is 14.7. The molecule has 1 aliphatic rings. The molecule has 0 saturated heterocycles. The van der Waals surface area contributed by atoms with E-state index >= 15 is 0 Å². The summed E-state index contributed by atoms with van der Waals surface area (Å²) in [4.78, 5) is 12.3. The molecule has 114 valence electrons. The lowest BCUT2D eigenvalue weighted by atomic mass is 10.1. The Balaban J connectivity index is 1.65. The summed E-state index contributed by atoms with van der Waals surface area (Å²) in [5.74, 6) is 1.32. The first-order valence-electron chi connectivity index (χ1n) is 7.08. The first-order valence-corrected chi connectivity index (χ1v) is 7.88. The van der Waals surface area contributed by atoms with Gasteiger partial charge in [-0.3, -0.25) is 4.79 Å². The molecule has 0 spiro atoms. The SMILES string of the molecule is C[C@H](NC(=O)c1cccc(Br)c1)[C@H]1COc2ccccc2O1. The maximum absolute atomic E-state index is 12.3. The number of para-hydroxylation sites is 2. The maximum Gasteiger partial charge on any atom is 0.251 e. The second kappa shape index (κ2) is 6.40. The molecule has 3 rings (SSSR count). The van der Waals surface area contributed by atoms with E-state index in [2.05, 4.69) is 21.2 Å². The zero-order valence-electron chi connectivity index (χ0n) is 12.1. The molecule has 0 fully saturated rings. The van der Waals surface area contributed by atoms with Gasteiger partial charge in [-0.05, 0) is 37.3 Å². The standard InChI is InChI=1S/C17H16BrNO3/c1-11(19-17(20)12-5-4-6-13(18)9-12)16-10-21-14-7-2-3-8-15(14)22-16/h2-9,11,16H,10H2,1H3,(H,19,20)/t11-,16+/m0/s1. The molecule has 1 aliphatic heterocycles. The molecular formula is C17H16BrNO3. The Labute approximate surface area is 137 Å². The van der Waals surface area contributed by atoms with Crippen LogP contribution in [0.5, 0.6) is 11.5 Å². The monoisotopic (exact) mass is 361 g/mol. The lowest BCUT2D eigenvalue weighted by Crippen LogP contribution is -2.48. The number of benzene rings is 2. The molecule has 0 radical (unpaired) electrons. The average molecular weight is 362 g/mol. The molecule has 22 heavy (non-hydrogen) atoms. The molecule has 1 heterocycles. The van der Waals surface area contributed by atoms with Gasteiger partial charge in [0.2, 0.25) is 0 Å². The maximum atomic E-state index is 12.3. The van der Waals surface area contributed by atoms with E-state index in [9.17, 15) is 4.79 Å². The highest BCUT2D eigenvalue weighted by Crippen LogP contribution is 2.31. The number of carbonyl (C=O) groups excluding carboxylic acids is 1. The fourth-order valence-electron chi connectivity index (χ4n) is 2.29. The summed E-state index contributed by atoms with van der Waals surface area (Å²) in [6.45, 7) is 2.33. The van der Waals surface area contributed by atoms with E-state index in [-0.39, 0.29) is 18.1 Å². The Morgan fingerprint density at radius 1 is 1.23 bits per heavy atom. The molecule has 0 bridgehead atoms. The van der Waals surface area contributed by atoms with Crippen LogP contribution in [-0.2, 0) is 0 Å². The number of hydrogen-bond donors (Lipinski definition) is 1. The largest absolute Gasteiger partial charge is 0.486 e. The van der Waals surface area contributed by atoms with Gasteiger partial charge in [-0.25, -0.2) is 0 Å². The van der Waals surface area contributed by atoms with E-state index in [0.29, 0.717) is 17.9 Å². The summed E-state index contributed by atoms with van der Waals surface area (Å²) >= 11 is 3.37. The number of halogens is 1. The summed E-state index contributed by atoms with van der Waals surface area (Å²) in [7, 11) is 0. The minimum atomic E-state index is -0.217. The highest BCUT2D eigenvalue weighted by Gasteiger charge is 2.27. The smallest absolute Gasteiger partial charge is 0.251 e. The van der Waals surface area contributed by atoms with Crippen molar-refractivity contribution < 1.29 is 14.3 Å². The van der Waals surface area contributed by atoms with Gasteiger partial charge in [-0.15, -0.1) is 0 Å². The molecule has 1 amide bonds. The van der Waals surface area contributed by atoms with Crippen molar-refractivity contribution in [3.8, 4) is 11.5 Å². The van der Waals surface area contributed by atoms with Crippen LogP contribution in [0.15, 0.2) is 53.0 Å². The van der Waals surface area contributed by atoms with Crippen LogP contribution in [0.4, 0.5) is 0 Å². The number of fused-ring (bicyclic) bond motifs is 1. The quantitative estimate of drug-likeness (QED) is 0.911. The van der Waals surface area contributed by atoms with Crippen LogP contribution in [0.2, 0.25) is 0 Å². The van der Waals surface area contributed by atoms with Crippen LogP contribution in [0, 0.1) is 0 Å². The summed E-state index contributed by atoms with van der Waals surface area (Å²) in [5, 5.41) is 2.96. The van der Waals surface area contributed by atoms with Crippen LogP contribution >= 0.6 is 15.9 Å². The van der Waals surface area contributed by atoms with Crippen molar-refractivity contribution in [1.82, 2.24) is 5.32 Å². The lowest BCUT2D eigenvalue weighted by Gasteiger charge is -2.30. The van der Waals surface area contributed by atoms with Crippen molar-refractivity contribution in [3.63, 3.8) is 0 Å². The topological polar surface area (TPSA) is 47.6 Å². The van der Waals surface area contributed by atoms with Gasteiger partial charge >= 0.3 is 0 Å². The van der Waals surface area contributed by atoms with Gasteiger partial charge in [0.15, 0.2) is 17.6 Å². The molecule has 5 heteroatoms. The van der Waals surface area contributed by atoms with Crippen LogP contribution in [0.1, 0.15) is 17.3 Å². The first kappa shape index (κ1) is 14.9. The van der Waals surface area contributed by atoms with Gasteiger partial charge in [-0.1, -0.05) is 34.1 Å². The number of rotatable bonds is 3. The molecule has 0 aliphatic carbocycles. The van der Waals surface area contributed by atoms with Gasteiger partial charge in [0.25, 0.3) is 5.91 Å². The molecular weight excluding hydrogens is 346 g/mol. The molecule has 2 atom stereocenters. The number of carbonyl (C=O) groups is 1. The van der Waals surface area contributed by atoms with Crippen LogP contribution in [-0.4, -0.2) is 24.7 Å². The van der Waals surface area contributed by atoms with Crippen LogP contribution < -0.4 is 14.8 Å². The fraction of sp³-hybridized carbons (Fsp3) is 0.235. The van der Waals surface area contributed by atoms with Crippen molar-refractivity contribution in [3.05, 3.63) is 58.6 Å². The third kappa shape index (κ3) is 3.25. The molecule has 0 aromatic heterocycles. The van der Waals surface area contributed by atoms with Crippen LogP contribution in [0.25, 0.3) is 0 Å². The molecule has 2 aromatic rings. The number of nitrogens with one attached hydrogen (secondary N) is 1. The van der Waals surface area contributed by atoms with Crippen LogP contribution in [0.3, 0.4) is 0 Å². The predicted molar refractivity (Wildman–Crippen MR) is 87.4 cm³/mol. The highest BCUT2D eigenvalue weighted by molar-refractivity contribution is 9.10. The van der Waals surface area contributed by atoms with Crippen molar-refractivity contribution >= 4 is 21.8 Å². The molecule has 0 saturated carbocycles. The van der Waals surface area contributed by atoms with Crippen molar-refractivity contribution in [2.75, 3.05) is 6.61 Å². The Kier molecular flexibility index (Phi) is 4.34. The van der Waals surface area contributed by atoms with Crippen molar-refractivity contribution in [1.29, 1.82) is 0 Å². The predicted octanol–water partition coefficient (Wildman–Crippen LogP) is 3.41. The van der Waals surface area contributed by atoms with E-state index in [4.69, 9.17) is 9.47 Å². The van der Waals surface area contributed by atoms with Gasteiger partial charge in [0.1, 0.15) is 6.61 Å². The Bertz CT molecular complexity index is 689. The Morgan fingerprint density at radius 2 is 2.00 bits per heavy atom. The third-order valence-corrected chi connectivity index (χ3v) is 4.03. The molecule has 1 N–H and O–H groups in total. The van der Waals surface area contributed by atoms with Crippen molar-refractivity contribution in [2.45, 2.75) is 19.1 Å². The average Bonchev–Trinajstić information content (AvgIpc) is 2.54. The normalized spacial score (nSPS) is 17.6. The zero-order chi connectivity index (χ0) is 15.5. The molecule has 4 nitrogen and oxygen atoms in total. The van der Waals surface area contributed by atoms with E-state index < -0.39 is 0 Å². The third-order valence-electron chi connectivity index (χ3n) is 3.53. The van der Waals surface area contributed by atoms with E-state index in [1.807, 2.05) is 43.3 Å². The zero-order valence-corrected chi connectivity index (χ0v) is 13.7. The summed E-state index contributed by atoms with van der Waals surface area (Å²) < 4.78 is 12.5. The molecule has 0 unspecified atom stereocenters. The lowest BCUT2D eigenvalue weighted by molar-refractivity contribution is 0.0606. The van der Waals surface area contributed by atoms with Gasteiger partial charge in [0, 0.05) is 10.0 Å². The first-order chi connectivity index (χ1) is 10.6. The second-order valence-electron chi connectivity index (χ2n) is 5.19. The van der Waals surface area contributed by atoms with Gasteiger partial charge in [-0.2, -0.15) is 0 Å². The van der Waals surface area contributed by atoms with Crippen molar-refractivity contribution in [2.24, 2.45) is 0 Å². The van der Waals surface area contributed by atoms with E-state index in [1.54, 1.807) is 12.1 Å². The van der Waals surface area contributed by atoms with E-state index in [0.717, 1.165) is 10.2 Å². The summed E-state index contributed by atoms with van der Waals surface area (Å²) in [5.41, 5.74) is 0.610. The summed E-state index contributed by atoms with van der Waals surface area (Å²) in [6.07, 6.45) is -0.217. The van der Waals surface area contributed by atoms with Gasteiger partial charge in [0.05, 0.1) is 6.04 Å². The minimum Gasteiger partial charge on any atom is -0.486 e. The Hall–Kier alpha value is -2.01. The fourth-order valence-corrected chi connectivity index (χ4v) is 2.69. The van der Waals surface area contributed by atoms with E-state index in [1.165, 1.54) is 0 Å². The number of ether oxygens (including phenoxy) is 2. The minimum absolute atomic E-state index is 0.128. The van der Waals surface area contributed by atoms with Gasteiger partial charge < -0.3 is 14.8 Å².